The van der Waals surface area contributed by atoms with Gasteiger partial charge < -0.3 is 10.1 Å². The minimum absolute atomic E-state index is 0.0721. The van der Waals surface area contributed by atoms with Crippen LogP contribution in [0.25, 0.3) is 0 Å². The van der Waals surface area contributed by atoms with Crippen LogP contribution in [0.4, 0.5) is 10.1 Å². The summed E-state index contributed by atoms with van der Waals surface area (Å²) in [4.78, 5) is 11.4. The zero-order valence-electron chi connectivity index (χ0n) is 11.5. The van der Waals surface area contributed by atoms with Gasteiger partial charge >= 0.3 is 5.97 Å². The number of rotatable bonds is 5. The topological polar surface area (TPSA) is 38.3 Å². The highest BCUT2D eigenvalue weighted by molar-refractivity contribution is 6.31. The molecular formula is C16H15ClFNO2. The molecule has 0 saturated carbocycles. The van der Waals surface area contributed by atoms with E-state index >= 15 is 0 Å². The molecule has 5 heteroatoms. The molecule has 0 fully saturated rings. The predicted octanol–water partition coefficient (Wildman–Crippen LogP) is 3.81. The first-order valence-corrected chi connectivity index (χ1v) is 6.80. The third-order valence-corrected chi connectivity index (χ3v) is 3.37. The van der Waals surface area contributed by atoms with E-state index in [0.717, 1.165) is 11.1 Å². The summed E-state index contributed by atoms with van der Waals surface area (Å²) in [7, 11) is 1.36. The number of anilines is 1. The summed E-state index contributed by atoms with van der Waals surface area (Å²) in [6.45, 7) is 0.509. The molecule has 0 bridgehead atoms. The molecule has 21 heavy (non-hydrogen) atoms. The van der Waals surface area contributed by atoms with Crippen LogP contribution in [-0.4, -0.2) is 13.1 Å². The number of benzene rings is 2. The summed E-state index contributed by atoms with van der Waals surface area (Å²) < 4.78 is 17.8. The SMILES string of the molecule is COC(=O)Cc1ccccc1CNc1ccc(F)c(Cl)c1. The average Bonchev–Trinajstić information content (AvgIpc) is 2.49. The van der Waals surface area contributed by atoms with Crippen molar-refractivity contribution in [3.05, 3.63) is 64.4 Å². The van der Waals surface area contributed by atoms with Crippen molar-refractivity contribution < 1.29 is 13.9 Å². The van der Waals surface area contributed by atoms with Crippen LogP contribution < -0.4 is 5.32 Å². The lowest BCUT2D eigenvalue weighted by molar-refractivity contribution is -0.139. The van der Waals surface area contributed by atoms with Gasteiger partial charge in [-0.25, -0.2) is 4.39 Å². The van der Waals surface area contributed by atoms with Gasteiger partial charge in [-0.2, -0.15) is 0 Å². The number of hydrogen-bond acceptors (Lipinski definition) is 3. The summed E-state index contributed by atoms with van der Waals surface area (Å²) >= 11 is 5.74. The molecule has 0 aliphatic carbocycles. The van der Waals surface area contributed by atoms with Crippen LogP contribution >= 0.6 is 11.6 Å². The van der Waals surface area contributed by atoms with Gasteiger partial charge in [0, 0.05) is 12.2 Å². The highest BCUT2D eigenvalue weighted by Gasteiger charge is 2.08. The summed E-state index contributed by atoms with van der Waals surface area (Å²) in [5.74, 6) is -0.736. The Balaban J connectivity index is 2.09. The van der Waals surface area contributed by atoms with Crippen molar-refractivity contribution in [2.24, 2.45) is 0 Å². The lowest BCUT2D eigenvalue weighted by atomic mass is 10.0. The molecule has 0 aromatic heterocycles. The molecule has 2 aromatic rings. The van der Waals surface area contributed by atoms with E-state index in [-0.39, 0.29) is 17.4 Å². The number of methoxy groups -OCH3 is 1. The molecule has 0 radical (unpaired) electrons. The quantitative estimate of drug-likeness (QED) is 0.854. The van der Waals surface area contributed by atoms with Crippen LogP contribution in [0.15, 0.2) is 42.5 Å². The standard InChI is InChI=1S/C16H15ClFNO2/c1-21-16(20)8-11-4-2-3-5-12(11)10-19-13-6-7-15(18)14(17)9-13/h2-7,9,19H,8,10H2,1H3. The summed E-state index contributed by atoms with van der Waals surface area (Å²) in [5, 5.41) is 3.23. The zero-order chi connectivity index (χ0) is 15.2. The van der Waals surface area contributed by atoms with Gasteiger partial charge in [0.2, 0.25) is 0 Å². The lowest BCUT2D eigenvalue weighted by Gasteiger charge is -2.11. The third-order valence-electron chi connectivity index (χ3n) is 3.08. The molecule has 1 N–H and O–H groups in total. The van der Waals surface area contributed by atoms with Crippen LogP contribution in [0.3, 0.4) is 0 Å². The van der Waals surface area contributed by atoms with Gasteiger partial charge in [0.1, 0.15) is 5.82 Å². The van der Waals surface area contributed by atoms with E-state index in [9.17, 15) is 9.18 Å². The van der Waals surface area contributed by atoms with E-state index in [0.29, 0.717) is 12.2 Å². The molecule has 2 rings (SSSR count). The van der Waals surface area contributed by atoms with Crippen molar-refractivity contribution >= 4 is 23.3 Å². The van der Waals surface area contributed by atoms with Gasteiger partial charge in [-0.15, -0.1) is 0 Å². The third kappa shape index (κ3) is 4.20. The van der Waals surface area contributed by atoms with Crippen LogP contribution in [-0.2, 0) is 22.5 Å². The molecule has 0 atom stereocenters. The number of carbonyl (C=O) groups excluding carboxylic acids is 1. The molecule has 0 aliphatic heterocycles. The summed E-state index contributed by atoms with van der Waals surface area (Å²) in [6.07, 6.45) is 0.221. The smallest absolute Gasteiger partial charge is 0.309 e. The molecule has 0 heterocycles. The highest BCUT2D eigenvalue weighted by Crippen LogP contribution is 2.20. The van der Waals surface area contributed by atoms with E-state index in [1.165, 1.54) is 19.2 Å². The second-order valence-electron chi connectivity index (χ2n) is 4.50. The van der Waals surface area contributed by atoms with E-state index in [1.54, 1.807) is 6.07 Å². The Morgan fingerprint density at radius 1 is 1.24 bits per heavy atom. The van der Waals surface area contributed by atoms with Crippen molar-refractivity contribution in [2.75, 3.05) is 12.4 Å². The second kappa shape index (κ2) is 7.09. The fraction of sp³-hybridized carbons (Fsp3) is 0.188. The normalized spacial score (nSPS) is 10.2. The number of nitrogens with one attached hydrogen (secondary N) is 1. The molecule has 110 valence electrons. The predicted molar refractivity (Wildman–Crippen MR) is 80.9 cm³/mol. The van der Waals surface area contributed by atoms with Gasteiger partial charge in [-0.1, -0.05) is 35.9 Å². The van der Waals surface area contributed by atoms with Gasteiger partial charge in [-0.3, -0.25) is 4.79 Å². The Morgan fingerprint density at radius 2 is 1.95 bits per heavy atom. The van der Waals surface area contributed by atoms with E-state index in [1.807, 2.05) is 24.3 Å². The fourth-order valence-corrected chi connectivity index (χ4v) is 2.11. The molecule has 0 saturated heterocycles. The highest BCUT2D eigenvalue weighted by atomic mass is 35.5. The molecule has 2 aromatic carbocycles. The number of ether oxygens (including phenoxy) is 1. The maximum atomic E-state index is 13.1. The summed E-state index contributed by atoms with van der Waals surface area (Å²) in [6, 6.07) is 12.0. The van der Waals surface area contributed by atoms with Crippen LogP contribution in [0.2, 0.25) is 5.02 Å². The van der Waals surface area contributed by atoms with Crippen molar-refractivity contribution in [2.45, 2.75) is 13.0 Å². The molecule has 0 aliphatic rings. The Bertz CT molecular complexity index is 646. The first-order chi connectivity index (χ1) is 10.1. The Hall–Kier alpha value is -2.07. The monoisotopic (exact) mass is 307 g/mol. The fourth-order valence-electron chi connectivity index (χ4n) is 1.93. The molecule has 0 amide bonds. The molecular weight excluding hydrogens is 293 g/mol. The van der Waals surface area contributed by atoms with Crippen LogP contribution in [0.5, 0.6) is 0 Å². The minimum atomic E-state index is -0.451. The number of carbonyl (C=O) groups is 1. The second-order valence-corrected chi connectivity index (χ2v) is 4.91. The number of hydrogen-bond donors (Lipinski definition) is 1. The number of esters is 1. The van der Waals surface area contributed by atoms with E-state index in [4.69, 9.17) is 11.6 Å². The maximum absolute atomic E-state index is 13.1. The van der Waals surface area contributed by atoms with Crippen LogP contribution in [0, 0.1) is 5.82 Å². The van der Waals surface area contributed by atoms with Gasteiger partial charge in [-0.05, 0) is 29.3 Å². The van der Waals surface area contributed by atoms with E-state index in [2.05, 4.69) is 10.1 Å². The minimum Gasteiger partial charge on any atom is -0.469 e. The molecule has 0 spiro atoms. The van der Waals surface area contributed by atoms with Crippen molar-refractivity contribution in [3.8, 4) is 0 Å². The lowest BCUT2D eigenvalue weighted by Crippen LogP contribution is -2.09. The van der Waals surface area contributed by atoms with Crippen molar-refractivity contribution in [1.82, 2.24) is 0 Å². The Kier molecular flexibility index (Phi) is 5.17. The zero-order valence-corrected chi connectivity index (χ0v) is 12.3. The van der Waals surface area contributed by atoms with Crippen molar-refractivity contribution in [1.29, 1.82) is 0 Å². The Morgan fingerprint density at radius 3 is 2.62 bits per heavy atom. The van der Waals surface area contributed by atoms with Gasteiger partial charge in [0.25, 0.3) is 0 Å². The molecule has 3 nitrogen and oxygen atoms in total. The molecule has 0 unspecified atom stereocenters. The maximum Gasteiger partial charge on any atom is 0.309 e. The summed E-state index contributed by atoms with van der Waals surface area (Å²) in [5.41, 5.74) is 2.59. The average molecular weight is 308 g/mol. The number of halogens is 2. The Labute approximate surface area is 127 Å². The first-order valence-electron chi connectivity index (χ1n) is 6.42. The van der Waals surface area contributed by atoms with Gasteiger partial charge in [0.05, 0.1) is 18.6 Å². The van der Waals surface area contributed by atoms with Gasteiger partial charge in [0.15, 0.2) is 0 Å². The van der Waals surface area contributed by atoms with Crippen LogP contribution in [0.1, 0.15) is 11.1 Å². The largest absolute Gasteiger partial charge is 0.469 e. The first kappa shape index (κ1) is 15.3. The van der Waals surface area contributed by atoms with E-state index < -0.39 is 5.82 Å². The van der Waals surface area contributed by atoms with Crippen molar-refractivity contribution in [3.63, 3.8) is 0 Å².